The van der Waals surface area contributed by atoms with Crippen LogP contribution in [0.25, 0.3) is 0 Å². The van der Waals surface area contributed by atoms with E-state index in [0.29, 0.717) is 10.7 Å². The molecule has 2 rings (SSSR count). The van der Waals surface area contributed by atoms with Crippen molar-refractivity contribution in [2.45, 2.75) is 56.6 Å². The van der Waals surface area contributed by atoms with Crippen LogP contribution in [-0.2, 0) is 5.41 Å². The van der Waals surface area contributed by atoms with E-state index in [2.05, 4.69) is 59.7 Å². The molecule has 1 unspecified atom stereocenters. The molecule has 0 fully saturated rings. The molecule has 1 aliphatic rings. The topological polar surface area (TPSA) is 0 Å². The van der Waals surface area contributed by atoms with Crippen molar-refractivity contribution in [1.29, 1.82) is 0 Å². The van der Waals surface area contributed by atoms with Gasteiger partial charge in [-0.25, -0.2) is 0 Å². The molecule has 0 radical (unpaired) electrons. The molecule has 0 aromatic heterocycles. The smallest absolute Gasteiger partial charge is 0.0184 e. The molecule has 1 heteroatoms. The molecule has 0 nitrogen and oxygen atoms in total. The van der Waals surface area contributed by atoms with Gasteiger partial charge in [0.2, 0.25) is 0 Å². The Morgan fingerprint density at radius 1 is 1.12 bits per heavy atom. The molecule has 0 N–H and O–H groups in total. The molecule has 0 aliphatic carbocycles. The normalized spacial score (nSPS) is 26.2. The molecule has 1 heterocycles. The van der Waals surface area contributed by atoms with Crippen LogP contribution in [0.3, 0.4) is 0 Å². The van der Waals surface area contributed by atoms with E-state index in [1.54, 1.807) is 5.56 Å². The maximum atomic E-state index is 2.39. The minimum atomic E-state index is 0.273. The second-order valence-corrected chi connectivity index (χ2v) is 7.79. The Morgan fingerprint density at radius 2 is 1.75 bits per heavy atom. The summed E-state index contributed by atoms with van der Waals surface area (Å²) in [4.78, 5) is 1.48. The van der Waals surface area contributed by atoms with Crippen LogP contribution in [0.4, 0.5) is 0 Å². The van der Waals surface area contributed by atoms with Gasteiger partial charge < -0.3 is 0 Å². The van der Waals surface area contributed by atoms with Gasteiger partial charge in [-0.1, -0.05) is 46.8 Å². The van der Waals surface area contributed by atoms with Gasteiger partial charge in [-0.3, -0.25) is 0 Å². The van der Waals surface area contributed by atoms with E-state index in [1.165, 1.54) is 10.5 Å². The number of hydrogen-bond donors (Lipinski definition) is 0. The van der Waals surface area contributed by atoms with Crippen LogP contribution < -0.4 is 0 Å². The first-order chi connectivity index (χ1) is 7.27. The maximum absolute atomic E-state index is 2.39. The van der Waals surface area contributed by atoms with Crippen molar-refractivity contribution in [3.8, 4) is 0 Å². The van der Waals surface area contributed by atoms with Crippen LogP contribution in [0, 0.1) is 12.8 Å². The van der Waals surface area contributed by atoms with Crippen molar-refractivity contribution in [3.63, 3.8) is 0 Å². The largest absolute Gasteiger partial charge is 0.119 e. The van der Waals surface area contributed by atoms with Gasteiger partial charge in [0.05, 0.1) is 0 Å². The predicted molar refractivity (Wildman–Crippen MR) is 73.3 cm³/mol. The van der Waals surface area contributed by atoms with Crippen LogP contribution in [0.1, 0.15) is 45.7 Å². The molecule has 16 heavy (non-hydrogen) atoms. The first-order valence-electron chi connectivity index (χ1n) is 6.06. The van der Waals surface area contributed by atoms with E-state index in [4.69, 9.17) is 0 Å². The molecule has 88 valence electrons. The summed E-state index contributed by atoms with van der Waals surface area (Å²) >= 11 is 2.04. The van der Waals surface area contributed by atoms with Crippen molar-refractivity contribution in [2.75, 3.05) is 0 Å². The minimum Gasteiger partial charge on any atom is -0.119 e. The highest BCUT2D eigenvalue weighted by atomic mass is 32.2. The number of thioether (sulfide) groups is 1. The fraction of sp³-hybridized carbons (Fsp3) is 0.600. The van der Waals surface area contributed by atoms with Gasteiger partial charge in [-0.05, 0) is 35.4 Å². The van der Waals surface area contributed by atoms with Gasteiger partial charge in [-0.2, -0.15) is 0 Å². The Morgan fingerprint density at radius 3 is 2.38 bits per heavy atom. The van der Waals surface area contributed by atoms with Crippen molar-refractivity contribution in [1.82, 2.24) is 0 Å². The van der Waals surface area contributed by atoms with E-state index >= 15 is 0 Å². The van der Waals surface area contributed by atoms with E-state index in [-0.39, 0.29) is 5.41 Å². The first-order valence-corrected chi connectivity index (χ1v) is 6.87. The zero-order valence-corrected chi connectivity index (χ0v) is 12.0. The van der Waals surface area contributed by atoms with Crippen molar-refractivity contribution >= 4 is 11.8 Å². The van der Waals surface area contributed by atoms with Gasteiger partial charge in [-0.15, -0.1) is 11.8 Å². The Hall–Kier alpha value is -0.430. The van der Waals surface area contributed by atoms with Crippen LogP contribution in [0.15, 0.2) is 23.1 Å². The van der Waals surface area contributed by atoms with E-state index < -0.39 is 0 Å². The second kappa shape index (κ2) is 3.53. The summed E-state index contributed by atoms with van der Waals surface area (Å²) in [5.41, 5.74) is 3.28. The van der Waals surface area contributed by atoms with Crippen molar-refractivity contribution in [2.24, 2.45) is 5.92 Å². The lowest BCUT2D eigenvalue weighted by atomic mass is 9.68. The highest BCUT2D eigenvalue weighted by Crippen LogP contribution is 2.55. The Kier molecular flexibility index (Phi) is 2.66. The average Bonchev–Trinajstić information content (AvgIpc) is 2.13. The molecule has 0 spiro atoms. The third-order valence-corrected chi connectivity index (χ3v) is 5.82. The van der Waals surface area contributed by atoms with Gasteiger partial charge in [0.1, 0.15) is 0 Å². The van der Waals surface area contributed by atoms with Crippen LogP contribution in [-0.4, -0.2) is 4.75 Å². The zero-order valence-electron chi connectivity index (χ0n) is 11.2. The number of fused-ring (bicyclic) bond motifs is 1. The summed E-state index contributed by atoms with van der Waals surface area (Å²) in [6.07, 6.45) is 0. The predicted octanol–water partition coefficient (Wildman–Crippen LogP) is 4.79. The highest BCUT2D eigenvalue weighted by Gasteiger charge is 2.45. The molecule has 1 aromatic carbocycles. The minimum absolute atomic E-state index is 0.273. The quantitative estimate of drug-likeness (QED) is 0.622. The lowest BCUT2D eigenvalue weighted by Gasteiger charge is -2.48. The zero-order chi connectivity index (χ0) is 12.1. The molecular formula is C15H22S. The maximum Gasteiger partial charge on any atom is 0.0184 e. The second-order valence-electron chi connectivity index (χ2n) is 6.10. The van der Waals surface area contributed by atoms with Crippen LogP contribution >= 0.6 is 11.8 Å². The third-order valence-electron chi connectivity index (χ3n) is 4.38. The number of aryl methyl sites for hydroxylation is 1. The van der Waals surface area contributed by atoms with Crippen LogP contribution in [0.2, 0.25) is 0 Å². The number of rotatable bonds is 0. The van der Waals surface area contributed by atoms with Crippen molar-refractivity contribution < 1.29 is 0 Å². The number of hydrogen-bond acceptors (Lipinski definition) is 1. The first kappa shape index (κ1) is 12.0. The standard InChI is InChI=1S/C15H22S/c1-10-8-7-9-12-13(10)14(3,4)11(2)15(5,6)16-12/h7-9,11H,1-6H3. The summed E-state index contributed by atoms with van der Waals surface area (Å²) in [6.45, 7) is 14.2. The van der Waals surface area contributed by atoms with Gasteiger partial charge in [0.25, 0.3) is 0 Å². The lowest BCUT2D eigenvalue weighted by Crippen LogP contribution is -2.43. The monoisotopic (exact) mass is 234 g/mol. The molecule has 1 atom stereocenters. The van der Waals surface area contributed by atoms with Gasteiger partial charge in [0, 0.05) is 9.64 Å². The number of benzene rings is 1. The lowest BCUT2D eigenvalue weighted by molar-refractivity contribution is 0.275. The SMILES string of the molecule is Cc1cccc2c1C(C)(C)C(C)C(C)(C)S2. The third kappa shape index (κ3) is 1.60. The molecule has 0 saturated heterocycles. The summed E-state index contributed by atoms with van der Waals surface area (Å²) in [5.74, 6) is 0.679. The fourth-order valence-electron chi connectivity index (χ4n) is 3.01. The molecule has 1 aromatic rings. The Labute approximate surface area is 104 Å². The highest BCUT2D eigenvalue weighted by molar-refractivity contribution is 8.00. The summed E-state index contributed by atoms with van der Waals surface area (Å²) in [6, 6.07) is 6.71. The van der Waals surface area contributed by atoms with Gasteiger partial charge in [0.15, 0.2) is 0 Å². The average molecular weight is 234 g/mol. The molecular weight excluding hydrogens is 212 g/mol. The summed E-state index contributed by atoms with van der Waals surface area (Å²) < 4.78 is 0.324. The van der Waals surface area contributed by atoms with E-state index in [1.807, 2.05) is 11.8 Å². The van der Waals surface area contributed by atoms with Gasteiger partial charge >= 0.3 is 0 Å². The molecule has 0 amide bonds. The summed E-state index contributed by atoms with van der Waals surface area (Å²) in [7, 11) is 0. The van der Waals surface area contributed by atoms with Crippen LogP contribution in [0.5, 0.6) is 0 Å². The molecule has 1 aliphatic heterocycles. The Balaban J connectivity index is 2.67. The van der Waals surface area contributed by atoms with Crippen molar-refractivity contribution in [3.05, 3.63) is 29.3 Å². The van der Waals surface area contributed by atoms with E-state index in [0.717, 1.165) is 0 Å². The molecule has 0 bridgehead atoms. The Bertz CT molecular complexity index is 415. The summed E-state index contributed by atoms with van der Waals surface area (Å²) in [5, 5.41) is 0. The van der Waals surface area contributed by atoms with E-state index in [9.17, 15) is 0 Å². The molecule has 0 saturated carbocycles. The fourth-order valence-corrected chi connectivity index (χ4v) is 4.72.